The molecule has 1 N–H and O–H groups in total. The quantitative estimate of drug-likeness (QED) is 0.668. The van der Waals surface area contributed by atoms with Crippen molar-refractivity contribution in [2.24, 2.45) is 17.3 Å². The van der Waals surface area contributed by atoms with Crippen LogP contribution in [0, 0.1) is 17.3 Å². The molecule has 0 aliphatic heterocycles. The first-order chi connectivity index (χ1) is 7.45. The van der Waals surface area contributed by atoms with Gasteiger partial charge in [-0.1, -0.05) is 38.5 Å². The van der Waals surface area contributed by atoms with Crippen molar-refractivity contribution in [3.63, 3.8) is 0 Å². The van der Waals surface area contributed by atoms with Crippen LogP contribution >= 0.6 is 0 Å². The van der Waals surface area contributed by atoms with Gasteiger partial charge in [0.25, 0.3) is 0 Å². The van der Waals surface area contributed by atoms with E-state index in [1.54, 1.807) is 0 Å². The molecule has 0 aromatic carbocycles. The van der Waals surface area contributed by atoms with Crippen LogP contribution in [0.25, 0.3) is 0 Å². The molecule has 0 unspecified atom stereocenters. The van der Waals surface area contributed by atoms with Crippen molar-refractivity contribution in [1.82, 2.24) is 0 Å². The highest BCUT2D eigenvalue weighted by Crippen LogP contribution is 2.52. The fourth-order valence-electron chi connectivity index (χ4n) is 3.49. The Labute approximate surface area is 99.3 Å². The molecule has 0 fully saturated rings. The van der Waals surface area contributed by atoms with Gasteiger partial charge in [-0.2, -0.15) is 0 Å². The number of aliphatic hydroxyl groups is 1. The lowest BCUT2D eigenvalue weighted by atomic mass is 9.68. The number of fused-ring (bicyclic) bond motifs is 1. The number of hydrogen-bond donors (Lipinski definition) is 1. The number of hydrogen-bond acceptors (Lipinski definition) is 1. The van der Waals surface area contributed by atoms with Crippen molar-refractivity contribution in [1.29, 1.82) is 0 Å². The molecule has 0 spiro atoms. The van der Waals surface area contributed by atoms with Gasteiger partial charge in [-0.3, -0.25) is 0 Å². The molecular formula is C15H24O. The summed E-state index contributed by atoms with van der Waals surface area (Å²) in [6, 6.07) is 0. The summed E-state index contributed by atoms with van der Waals surface area (Å²) in [4.78, 5) is 0. The van der Waals surface area contributed by atoms with Gasteiger partial charge in [0.1, 0.15) is 0 Å². The van der Waals surface area contributed by atoms with E-state index in [0.717, 1.165) is 30.3 Å². The van der Waals surface area contributed by atoms with E-state index in [4.69, 9.17) is 0 Å². The van der Waals surface area contributed by atoms with Gasteiger partial charge < -0.3 is 5.11 Å². The zero-order chi connectivity index (χ0) is 11.9. The van der Waals surface area contributed by atoms with E-state index in [0.29, 0.717) is 5.41 Å². The Morgan fingerprint density at radius 1 is 1.38 bits per heavy atom. The molecule has 0 heterocycles. The van der Waals surface area contributed by atoms with Crippen LogP contribution in [0.15, 0.2) is 23.3 Å². The smallest absolute Gasteiger partial charge is 0.0784 e. The van der Waals surface area contributed by atoms with E-state index in [-0.39, 0.29) is 6.10 Å². The topological polar surface area (TPSA) is 20.2 Å². The van der Waals surface area contributed by atoms with Gasteiger partial charge in [0.05, 0.1) is 6.10 Å². The first-order valence-corrected chi connectivity index (χ1v) is 6.49. The van der Waals surface area contributed by atoms with Crippen LogP contribution < -0.4 is 0 Å². The maximum Gasteiger partial charge on any atom is 0.0784 e. The minimum atomic E-state index is -0.251. The van der Waals surface area contributed by atoms with E-state index >= 15 is 0 Å². The van der Waals surface area contributed by atoms with Crippen molar-refractivity contribution in [3.8, 4) is 0 Å². The Morgan fingerprint density at radius 2 is 2.06 bits per heavy atom. The average molecular weight is 220 g/mol. The van der Waals surface area contributed by atoms with Gasteiger partial charge >= 0.3 is 0 Å². The lowest BCUT2D eigenvalue weighted by Crippen LogP contribution is -2.28. The zero-order valence-electron chi connectivity index (χ0n) is 11.0. The molecule has 0 amide bonds. The first-order valence-electron chi connectivity index (χ1n) is 6.49. The molecule has 0 bridgehead atoms. The average Bonchev–Trinajstić information content (AvgIpc) is 2.48. The van der Waals surface area contributed by atoms with Crippen LogP contribution in [0.2, 0.25) is 0 Å². The summed E-state index contributed by atoms with van der Waals surface area (Å²) >= 11 is 0. The standard InChI is InChI=1S/C15H24O/c1-10(2)13-6-5-12-9-14(16)11(3)7-8-15(12,13)4/h5,7,10,13-14,16H,6,8-9H2,1-4H3/t13-,14-,15+/m1/s1. The zero-order valence-corrected chi connectivity index (χ0v) is 11.0. The molecule has 0 aromatic rings. The van der Waals surface area contributed by atoms with Crippen LogP contribution in [0.5, 0.6) is 0 Å². The Morgan fingerprint density at radius 3 is 2.69 bits per heavy atom. The summed E-state index contributed by atoms with van der Waals surface area (Å²) in [7, 11) is 0. The minimum absolute atomic E-state index is 0.251. The molecule has 0 aromatic heterocycles. The highest BCUT2D eigenvalue weighted by Gasteiger charge is 2.43. The van der Waals surface area contributed by atoms with Crippen LogP contribution in [0.4, 0.5) is 0 Å². The number of aliphatic hydroxyl groups excluding tert-OH is 1. The summed E-state index contributed by atoms with van der Waals surface area (Å²) in [5.41, 5.74) is 2.94. The Hall–Kier alpha value is -0.560. The molecule has 0 saturated carbocycles. The highest BCUT2D eigenvalue weighted by atomic mass is 16.3. The molecule has 90 valence electrons. The normalized spacial score (nSPS) is 39.1. The predicted octanol–water partition coefficient (Wildman–Crippen LogP) is 3.70. The fraction of sp³-hybridized carbons (Fsp3) is 0.733. The van der Waals surface area contributed by atoms with Gasteiger partial charge in [0, 0.05) is 0 Å². The third kappa shape index (κ3) is 1.75. The second-order valence-corrected chi connectivity index (χ2v) is 6.11. The Kier molecular flexibility index (Phi) is 3.00. The maximum absolute atomic E-state index is 10.0. The van der Waals surface area contributed by atoms with Gasteiger partial charge in [-0.25, -0.2) is 0 Å². The maximum atomic E-state index is 10.0. The molecule has 3 atom stereocenters. The molecule has 1 nitrogen and oxygen atoms in total. The van der Waals surface area contributed by atoms with Crippen LogP contribution in [-0.2, 0) is 0 Å². The summed E-state index contributed by atoms with van der Waals surface area (Å²) in [5, 5.41) is 10.0. The lowest BCUT2D eigenvalue weighted by molar-refractivity contribution is 0.178. The highest BCUT2D eigenvalue weighted by molar-refractivity contribution is 5.29. The monoisotopic (exact) mass is 220 g/mol. The van der Waals surface area contributed by atoms with Crippen LogP contribution in [0.1, 0.15) is 47.0 Å². The Bertz CT molecular complexity index is 337. The van der Waals surface area contributed by atoms with Gasteiger partial charge in [-0.05, 0) is 49.0 Å². The fourth-order valence-corrected chi connectivity index (χ4v) is 3.49. The second kappa shape index (κ2) is 4.03. The van der Waals surface area contributed by atoms with E-state index in [9.17, 15) is 5.11 Å². The first kappa shape index (κ1) is 11.9. The van der Waals surface area contributed by atoms with Crippen molar-refractivity contribution < 1.29 is 5.11 Å². The summed E-state index contributed by atoms with van der Waals surface area (Å²) in [6.07, 6.45) is 7.54. The van der Waals surface area contributed by atoms with Crippen molar-refractivity contribution in [3.05, 3.63) is 23.3 Å². The molecule has 0 radical (unpaired) electrons. The SMILES string of the molecule is CC1=CC[C@@]2(C)C(=CC[C@@H]2C(C)C)C[C@H]1O. The third-order valence-corrected chi connectivity index (χ3v) is 4.76. The molecular weight excluding hydrogens is 196 g/mol. The van der Waals surface area contributed by atoms with Gasteiger partial charge in [-0.15, -0.1) is 0 Å². The number of allylic oxidation sites excluding steroid dienone is 2. The number of rotatable bonds is 1. The van der Waals surface area contributed by atoms with Crippen LogP contribution in [-0.4, -0.2) is 11.2 Å². The molecule has 2 aliphatic rings. The van der Waals surface area contributed by atoms with Gasteiger partial charge in [0.15, 0.2) is 0 Å². The molecule has 16 heavy (non-hydrogen) atoms. The molecule has 1 heteroatoms. The predicted molar refractivity (Wildman–Crippen MR) is 68.1 cm³/mol. The largest absolute Gasteiger partial charge is 0.388 e. The van der Waals surface area contributed by atoms with Crippen LogP contribution in [0.3, 0.4) is 0 Å². The molecule has 2 rings (SSSR count). The van der Waals surface area contributed by atoms with E-state index < -0.39 is 0 Å². The summed E-state index contributed by atoms with van der Waals surface area (Å²) in [5.74, 6) is 1.47. The summed E-state index contributed by atoms with van der Waals surface area (Å²) < 4.78 is 0. The lowest BCUT2D eigenvalue weighted by Gasteiger charge is -2.36. The van der Waals surface area contributed by atoms with E-state index in [1.165, 1.54) is 12.0 Å². The second-order valence-electron chi connectivity index (χ2n) is 6.11. The van der Waals surface area contributed by atoms with Crippen molar-refractivity contribution in [2.75, 3.05) is 0 Å². The third-order valence-electron chi connectivity index (χ3n) is 4.76. The minimum Gasteiger partial charge on any atom is -0.388 e. The Balaban J connectivity index is 2.30. The van der Waals surface area contributed by atoms with Crippen molar-refractivity contribution >= 4 is 0 Å². The molecule has 2 aliphatic carbocycles. The van der Waals surface area contributed by atoms with E-state index in [1.807, 2.05) is 0 Å². The summed E-state index contributed by atoms with van der Waals surface area (Å²) in [6.45, 7) is 9.09. The molecule has 0 saturated heterocycles. The van der Waals surface area contributed by atoms with Gasteiger partial charge in [0.2, 0.25) is 0 Å². The van der Waals surface area contributed by atoms with E-state index in [2.05, 4.69) is 39.8 Å². The van der Waals surface area contributed by atoms with Crippen molar-refractivity contribution in [2.45, 2.75) is 53.1 Å².